The molecule has 1 atom stereocenters. The van der Waals surface area contributed by atoms with Crippen molar-refractivity contribution in [2.45, 2.75) is 24.5 Å². The van der Waals surface area contributed by atoms with E-state index in [2.05, 4.69) is 0 Å². The van der Waals surface area contributed by atoms with E-state index in [0.717, 1.165) is 0 Å². The number of hydrogen-bond donors (Lipinski definition) is 1. The lowest BCUT2D eigenvalue weighted by Gasteiger charge is -2.13. The van der Waals surface area contributed by atoms with Crippen LogP contribution in [0.2, 0.25) is 0 Å². The monoisotopic (exact) mass is 316 g/mol. The summed E-state index contributed by atoms with van der Waals surface area (Å²) in [6, 6.07) is 6.59. The minimum Gasteiger partial charge on any atom is -0.462 e. The molecule has 0 amide bonds. The summed E-state index contributed by atoms with van der Waals surface area (Å²) in [6.45, 7) is 1.38. The van der Waals surface area contributed by atoms with Crippen molar-refractivity contribution in [3.05, 3.63) is 35.4 Å². The highest BCUT2D eigenvalue weighted by Gasteiger charge is 2.29. The fourth-order valence-corrected chi connectivity index (χ4v) is 2.92. The summed E-state index contributed by atoms with van der Waals surface area (Å²) in [4.78, 5) is 11.7. The van der Waals surface area contributed by atoms with Crippen LogP contribution in [-0.2, 0) is 36.5 Å². The molecule has 1 aromatic carbocycles. The molecule has 6 nitrogen and oxygen atoms in total. The van der Waals surface area contributed by atoms with Gasteiger partial charge in [-0.2, -0.15) is 0 Å². The molecular formula is C14H20O6S. The third-order valence-electron chi connectivity index (χ3n) is 2.94. The summed E-state index contributed by atoms with van der Waals surface area (Å²) < 4.78 is 33.9. The number of benzene rings is 1. The standard InChI is InChI=1S/C14H20O6S/c1-11(14(16)20-7-6-19-2)21(17,18)10-13-5-3-4-12(8-13)9-15/h3-5,8,11,15H,6-7,9-10H2,1-2H3. The molecular weight excluding hydrogens is 296 g/mol. The van der Waals surface area contributed by atoms with E-state index in [-0.39, 0.29) is 25.6 Å². The van der Waals surface area contributed by atoms with Crippen molar-refractivity contribution in [1.29, 1.82) is 0 Å². The molecule has 0 bridgehead atoms. The lowest BCUT2D eigenvalue weighted by atomic mass is 10.1. The van der Waals surface area contributed by atoms with Gasteiger partial charge in [-0.3, -0.25) is 4.79 Å². The first-order chi connectivity index (χ1) is 9.90. The molecule has 0 aliphatic rings. The number of esters is 1. The highest BCUT2D eigenvalue weighted by Crippen LogP contribution is 2.14. The number of aliphatic hydroxyl groups excluding tert-OH is 1. The van der Waals surface area contributed by atoms with E-state index in [0.29, 0.717) is 11.1 Å². The van der Waals surface area contributed by atoms with Gasteiger partial charge in [-0.15, -0.1) is 0 Å². The lowest BCUT2D eigenvalue weighted by Crippen LogP contribution is -2.31. The molecule has 0 aliphatic heterocycles. The maximum Gasteiger partial charge on any atom is 0.324 e. The third-order valence-corrected chi connectivity index (χ3v) is 4.95. The SMILES string of the molecule is COCCOC(=O)C(C)S(=O)(=O)Cc1cccc(CO)c1. The van der Waals surface area contributed by atoms with Crippen LogP contribution in [0.1, 0.15) is 18.1 Å². The van der Waals surface area contributed by atoms with Crippen molar-refractivity contribution in [2.75, 3.05) is 20.3 Å². The fourth-order valence-electron chi connectivity index (χ4n) is 1.66. The number of carbonyl (C=O) groups is 1. The van der Waals surface area contributed by atoms with Crippen LogP contribution < -0.4 is 0 Å². The minimum atomic E-state index is -3.67. The lowest BCUT2D eigenvalue weighted by molar-refractivity contribution is -0.144. The van der Waals surface area contributed by atoms with E-state index in [1.54, 1.807) is 24.3 Å². The Kier molecular flexibility index (Phi) is 6.80. The number of ether oxygens (including phenoxy) is 2. The predicted molar refractivity (Wildman–Crippen MR) is 77.3 cm³/mol. The Bertz CT molecular complexity index is 567. The molecule has 0 saturated carbocycles. The molecule has 0 heterocycles. The van der Waals surface area contributed by atoms with Crippen molar-refractivity contribution in [3.8, 4) is 0 Å². The molecule has 0 spiro atoms. The highest BCUT2D eigenvalue weighted by molar-refractivity contribution is 7.92. The van der Waals surface area contributed by atoms with Gasteiger partial charge < -0.3 is 14.6 Å². The second-order valence-electron chi connectivity index (χ2n) is 4.59. The molecule has 0 fully saturated rings. The van der Waals surface area contributed by atoms with Gasteiger partial charge in [0.2, 0.25) is 0 Å². The van der Waals surface area contributed by atoms with E-state index in [1.165, 1.54) is 14.0 Å². The predicted octanol–water partition coefficient (Wildman–Crippen LogP) is 0.672. The zero-order valence-corrected chi connectivity index (χ0v) is 12.9. The Morgan fingerprint density at radius 3 is 2.57 bits per heavy atom. The van der Waals surface area contributed by atoms with Crippen molar-refractivity contribution in [2.24, 2.45) is 0 Å². The summed E-state index contributed by atoms with van der Waals surface area (Å²) in [6.07, 6.45) is 0. The zero-order valence-electron chi connectivity index (χ0n) is 12.1. The molecule has 0 aromatic heterocycles. The fraction of sp³-hybridized carbons (Fsp3) is 0.500. The van der Waals surface area contributed by atoms with Gasteiger partial charge in [0.1, 0.15) is 6.61 Å². The molecule has 118 valence electrons. The molecule has 1 rings (SSSR count). The Morgan fingerprint density at radius 1 is 1.29 bits per heavy atom. The number of aliphatic hydroxyl groups is 1. The number of methoxy groups -OCH3 is 1. The van der Waals surface area contributed by atoms with Gasteiger partial charge in [-0.25, -0.2) is 8.42 Å². The van der Waals surface area contributed by atoms with Gasteiger partial charge in [0.15, 0.2) is 15.1 Å². The maximum absolute atomic E-state index is 12.2. The minimum absolute atomic E-state index is 0.0230. The number of rotatable bonds is 8. The number of carbonyl (C=O) groups excluding carboxylic acids is 1. The normalized spacial score (nSPS) is 12.9. The Morgan fingerprint density at radius 2 is 1.95 bits per heavy atom. The van der Waals surface area contributed by atoms with E-state index in [1.807, 2.05) is 0 Å². The van der Waals surface area contributed by atoms with Gasteiger partial charge >= 0.3 is 5.97 Å². The topological polar surface area (TPSA) is 89.9 Å². The van der Waals surface area contributed by atoms with Gasteiger partial charge in [-0.05, 0) is 18.1 Å². The van der Waals surface area contributed by atoms with Crippen molar-refractivity contribution in [3.63, 3.8) is 0 Å². The summed E-state index contributed by atoms with van der Waals surface area (Å²) in [7, 11) is -2.21. The molecule has 0 saturated heterocycles. The quantitative estimate of drug-likeness (QED) is 0.560. The van der Waals surface area contributed by atoms with E-state index in [9.17, 15) is 13.2 Å². The highest BCUT2D eigenvalue weighted by atomic mass is 32.2. The molecule has 21 heavy (non-hydrogen) atoms. The molecule has 1 aromatic rings. The molecule has 0 radical (unpaired) electrons. The number of hydrogen-bond acceptors (Lipinski definition) is 6. The average molecular weight is 316 g/mol. The third kappa shape index (κ3) is 5.45. The second kappa shape index (κ2) is 8.11. The van der Waals surface area contributed by atoms with Crippen molar-refractivity contribution >= 4 is 15.8 Å². The summed E-state index contributed by atoms with van der Waals surface area (Å²) in [5.74, 6) is -1.06. The first kappa shape index (κ1) is 17.6. The first-order valence-corrected chi connectivity index (χ1v) is 8.18. The van der Waals surface area contributed by atoms with Crippen LogP contribution in [0.4, 0.5) is 0 Å². The Balaban J connectivity index is 2.73. The molecule has 7 heteroatoms. The van der Waals surface area contributed by atoms with Gasteiger partial charge in [0.05, 0.1) is 19.0 Å². The largest absolute Gasteiger partial charge is 0.462 e. The first-order valence-electron chi connectivity index (χ1n) is 6.46. The average Bonchev–Trinajstić information content (AvgIpc) is 2.46. The van der Waals surface area contributed by atoms with Crippen molar-refractivity contribution in [1.82, 2.24) is 0 Å². The van der Waals surface area contributed by atoms with Crippen LogP contribution >= 0.6 is 0 Å². The molecule has 0 aliphatic carbocycles. The maximum atomic E-state index is 12.2. The molecule has 1 N–H and O–H groups in total. The van der Waals surface area contributed by atoms with E-state index >= 15 is 0 Å². The van der Waals surface area contributed by atoms with Crippen LogP contribution in [0, 0.1) is 0 Å². The van der Waals surface area contributed by atoms with Crippen LogP contribution in [0.15, 0.2) is 24.3 Å². The van der Waals surface area contributed by atoms with Crippen LogP contribution in [0.5, 0.6) is 0 Å². The van der Waals surface area contributed by atoms with Crippen LogP contribution in [0.3, 0.4) is 0 Å². The number of sulfone groups is 1. The smallest absolute Gasteiger partial charge is 0.324 e. The van der Waals surface area contributed by atoms with Gasteiger partial charge in [0.25, 0.3) is 0 Å². The van der Waals surface area contributed by atoms with Crippen LogP contribution in [-0.4, -0.2) is 45.1 Å². The molecule has 1 unspecified atom stereocenters. The summed E-state index contributed by atoms with van der Waals surface area (Å²) in [5.41, 5.74) is 1.15. The Hall–Kier alpha value is -1.44. The Labute approximate surface area is 124 Å². The second-order valence-corrected chi connectivity index (χ2v) is 6.91. The van der Waals surface area contributed by atoms with Gasteiger partial charge in [0, 0.05) is 7.11 Å². The summed E-state index contributed by atoms with van der Waals surface area (Å²) in [5, 5.41) is 7.80. The van der Waals surface area contributed by atoms with E-state index in [4.69, 9.17) is 14.6 Å². The van der Waals surface area contributed by atoms with Crippen molar-refractivity contribution < 1.29 is 27.8 Å². The van der Waals surface area contributed by atoms with E-state index < -0.39 is 21.1 Å². The summed E-state index contributed by atoms with van der Waals surface area (Å²) >= 11 is 0. The van der Waals surface area contributed by atoms with Gasteiger partial charge in [-0.1, -0.05) is 24.3 Å². The zero-order chi connectivity index (χ0) is 15.9. The van der Waals surface area contributed by atoms with Crippen LogP contribution in [0.25, 0.3) is 0 Å².